The minimum Gasteiger partial charge on any atom is -0.207 e. The Kier molecular flexibility index (Phi) is 3.71. The van der Waals surface area contributed by atoms with Crippen molar-refractivity contribution in [3.05, 3.63) is 40.3 Å². The second kappa shape index (κ2) is 5.28. The number of nitrogens with zero attached hydrogens (tertiary/aromatic N) is 5. The van der Waals surface area contributed by atoms with Crippen LogP contribution in [0.5, 0.6) is 0 Å². The smallest absolute Gasteiger partial charge is 0.207 e. The highest BCUT2D eigenvalue weighted by atomic mass is 32.2. The molecule has 0 amide bonds. The third-order valence-corrected chi connectivity index (χ3v) is 4.89. The summed E-state index contributed by atoms with van der Waals surface area (Å²) in [5, 5.41) is 12.5. The van der Waals surface area contributed by atoms with Gasteiger partial charge in [-0.05, 0) is 24.1 Å². The van der Waals surface area contributed by atoms with E-state index in [4.69, 9.17) is 10.8 Å². The molecule has 1 aliphatic heterocycles. The third-order valence-electron chi connectivity index (χ3n) is 2.97. The highest BCUT2D eigenvalue weighted by molar-refractivity contribution is 7.89. The van der Waals surface area contributed by atoms with Gasteiger partial charge in [-0.1, -0.05) is 17.2 Å². The standard InChI is InChI=1S/C11H11N5O2S/c12-7-9-3-1-2-4-11(9)19(17,18)16-6-5-10(8-16)14-15-13/h1-4,10H,5-6,8H2. The number of sulfonamides is 1. The van der Waals surface area contributed by atoms with Gasteiger partial charge in [0.05, 0.1) is 16.5 Å². The van der Waals surface area contributed by atoms with Crippen LogP contribution in [0.4, 0.5) is 0 Å². The maximum atomic E-state index is 12.4. The summed E-state index contributed by atoms with van der Waals surface area (Å²) in [5.41, 5.74) is 8.48. The second-order valence-electron chi connectivity index (χ2n) is 4.12. The molecule has 7 nitrogen and oxygen atoms in total. The van der Waals surface area contributed by atoms with E-state index in [9.17, 15) is 8.42 Å². The fourth-order valence-corrected chi connectivity index (χ4v) is 3.65. The van der Waals surface area contributed by atoms with E-state index in [0.717, 1.165) is 0 Å². The Morgan fingerprint density at radius 2 is 2.21 bits per heavy atom. The van der Waals surface area contributed by atoms with Crippen molar-refractivity contribution < 1.29 is 8.42 Å². The molecule has 1 aromatic rings. The molecule has 0 spiro atoms. The maximum Gasteiger partial charge on any atom is 0.244 e. The van der Waals surface area contributed by atoms with Crippen molar-refractivity contribution in [2.24, 2.45) is 5.11 Å². The zero-order valence-electron chi connectivity index (χ0n) is 9.97. The fourth-order valence-electron chi connectivity index (χ4n) is 2.02. The molecule has 1 saturated heterocycles. The van der Waals surface area contributed by atoms with Crippen LogP contribution in [0.25, 0.3) is 10.4 Å². The van der Waals surface area contributed by atoms with E-state index < -0.39 is 10.0 Å². The molecule has 19 heavy (non-hydrogen) atoms. The van der Waals surface area contributed by atoms with Gasteiger partial charge < -0.3 is 0 Å². The molecule has 98 valence electrons. The van der Waals surface area contributed by atoms with Crippen molar-refractivity contribution in [1.82, 2.24) is 4.31 Å². The lowest BCUT2D eigenvalue weighted by atomic mass is 10.2. The maximum absolute atomic E-state index is 12.4. The first kappa shape index (κ1) is 13.4. The van der Waals surface area contributed by atoms with Gasteiger partial charge in [-0.25, -0.2) is 8.42 Å². The van der Waals surface area contributed by atoms with Gasteiger partial charge in [0.25, 0.3) is 0 Å². The molecule has 8 heteroatoms. The van der Waals surface area contributed by atoms with Crippen molar-refractivity contribution in [2.45, 2.75) is 17.4 Å². The Bertz CT molecular complexity index is 673. The van der Waals surface area contributed by atoms with Gasteiger partial charge in [0.2, 0.25) is 10.0 Å². The summed E-state index contributed by atoms with van der Waals surface area (Å²) in [6.07, 6.45) is 0.498. The molecular formula is C11H11N5O2S. The van der Waals surface area contributed by atoms with E-state index in [1.54, 1.807) is 12.1 Å². The van der Waals surface area contributed by atoms with Gasteiger partial charge in [-0.2, -0.15) is 9.57 Å². The number of azide groups is 1. The average Bonchev–Trinajstić information content (AvgIpc) is 2.88. The first-order chi connectivity index (χ1) is 9.09. The van der Waals surface area contributed by atoms with E-state index in [0.29, 0.717) is 13.0 Å². The molecule has 0 aliphatic carbocycles. The van der Waals surface area contributed by atoms with Crippen LogP contribution in [0.15, 0.2) is 34.3 Å². The monoisotopic (exact) mass is 277 g/mol. The van der Waals surface area contributed by atoms with E-state index in [1.807, 2.05) is 6.07 Å². The van der Waals surface area contributed by atoms with Crippen LogP contribution in [0, 0.1) is 11.3 Å². The Morgan fingerprint density at radius 3 is 2.89 bits per heavy atom. The molecule has 0 N–H and O–H groups in total. The number of hydrogen-bond acceptors (Lipinski definition) is 4. The predicted octanol–water partition coefficient (Wildman–Crippen LogP) is 1.63. The quantitative estimate of drug-likeness (QED) is 0.475. The minimum atomic E-state index is -3.71. The zero-order chi connectivity index (χ0) is 13.9. The van der Waals surface area contributed by atoms with Gasteiger partial charge in [0, 0.05) is 18.0 Å². The molecule has 0 saturated carbocycles. The molecule has 1 atom stereocenters. The largest absolute Gasteiger partial charge is 0.244 e. The summed E-state index contributed by atoms with van der Waals surface area (Å²) in [4.78, 5) is 2.69. The van der Waals surface area contributed by atoms with Crippen molar-refractivity contribution in [3.63, 3.8) is 0 Å². The molecule has 2 rings (SSSR count). The lowest BCUT2D eigenvalue weighted by Gasteiger charge is -2.16. The summed E-state index contributed by atoms with van der Waals surface area (Å²) in [6.45, 7) is 0.456. The highest BCUT2D eigenvalue weighted by Gasteiger charge is 2.33. The molecule has 1 unspecified atom stereocenters. The van der Waals surface area contributed by atoms with Gasteiger partial charge in [0.15, 0.2) is 0 Å². The number of rotatable bonds is 3. The highest BCUT2D eigenvalue weighted by Crippen LogP contribution is 2.24. The van der Waals surface area contributed by atoms with Gasteiger partial charge in [-0.3, -0.25) is 0 Å². The molecule has 1 aromatic carbocycles. The van der Waals surface area contributed by atoms with Crippen LogP contribution in [0.2, 0.25) is 0 Å². The number of benzene rings is 1. The Morgan fingerprint density at radius 1 is 1.47 bits per heavy atom. The van der Waals surface area contributed by atoms with E-state index in [2.05, 4.69) is 10.0 Å². The van der Waals surface area contributed by atoms with E-state index >= 15 is 0 Å². The van der Waals surface area contributed by atoms with E-state index in [-0.39, 0.29) is 23.0 Å². The minimum absolute atomic E-state index is 0.000845. The second-order valence-corrected chi connectivity index (χ2v) is 6.02. The SMILES string of the molecule is N#Cc1ccccc1S(=O)(=O)N1CCC(N=[N+]=[N-])C1. The van der Waals surface area contributed by atoms with Crippen LogP contribution in [-0.4, -0.2) is 31.9 Å². The first-order valence-electron chi connectivity index (χ1n) is 5.63. The molecule has 0 bridgehead atoms. The molecule has 1 aliphatic rings. The third kappa shape index (κ3) is 2.53. The molecule has 1 fully saturated rings. The molecule has 1 heterocycles. The van der Waals surface area contributed by atoms with Crippen LogP contribution >= 0.6 is 0 Å². The van der Waals surface area contributed by atoms with Crippen molar-refractivity contribution in [3.8, 4) is 6.07 Å². The van der Waals surface area contributed by atoms with Crippen molar-refractivity contribution >= 4 is 10.0 Å². The normalized spacial score (nSPS) is 19.6. The zero-order valence-corrected chi connectivity index (χ0v) is 10.8. The van der Waals surface area contributed by atoms with Crippen LogP contribution < -0.4 is 0 Å². The van der Waals surface area contributed by atoms with Gasteiger partial charge >= 0.3 is 0 Å². The van der Waals surface area contributed by atoms with Crippen LogP contribution in [0.1, 0.15) is 12.0 Å². The van der Waals surface area contributed by atoms with Gasteiger partial charge in [-0.15, -0.1) is 0 Å². The van der Waals surface area contributed by atoms with Crippen LogP contribution in [0.3, 0.4) is 0 Å². The molecular weight excluding hydrogens is 266 g/mol. The molecule has 0 aromatic heterocycles. The Labute approximate surface area is 110 Å². The topological polar surface area (TPSA) is 110 Å². The summed E-state index contributed by atoms with van der Waals surface area (Å²) in [5.74, 6) is 0. The summed E-state index contributed by atoms with van der Waals surface area (Å²) in [6, 6.07) is 7.61. The Balaban J connectivity index is 2.34. The first-order valence-corrected chi connectivity index (χ1v) is 7.07. The summed E-state index contributed by atoms with van der Waals surface area (Å²) < 4.78 is 26.1. The number of hydrogen-bond donors (Lipinski definition) is 0. The van der Waals surface area contributed by atoms with Crippen molar-refractivity contribution in [1.29, 1.82) is 5.26 Å². The molecule has 0 radical (unpaired) electrons. The predicted molar refractivity (Wildman–Crippen MR) is 67.5 cm³/mol. The van der Waals surface area contributed by atoms with Crippen molar-refractivity contribution in [2.75, 3.05) is 13.1 Å². The average molecular weight is 277 g/mol. The number of nitriles is 1. The lowest BCUT2D eigenvalue weighted by Crippen LogP contribution is -2.30. The van der Waals surface area contributed by atoms with Crippen LogP contribution in [-0.2, 0) is 10.0 Å². The Hall–Kier alpha value is -2.07. The van der Waals surface area contributed by atoms with E-state index in [1.165, 1.54) is 16.4 Å². The lowest BCUT2D eigenvalue weighted by molar-refractivity contribution is 0.472. The van der Waals surface area contributed by atoms with Gasteiger partial charge in [0.1, 0.15) is 6.07 Å². The summed E-state index contributed by atoms with van der Waals surface area (Å²) in [7, 11) is -3.71. The summed E-state index contributed by atoms with van der Waals surface area (Å²) >= 11 is 0. The fraction of sp³-hybridized carbons (Fsp3) is 0.364.